The Morgan fingerprint density at radius 1 is 1.03 bits per heavy atom. The largest absolute Gasteiger partial charge is 0.482 e. The van der Waals surface area contributed by atoms with Crippen LogP contribution in [0.1, 0.15) is 45.1 Å². The molecule has 0 radical (unpaired) electrons. The summed E-state index contributed by atoms with van der Waals surface area (Å²) in [5.41, 5.74) is 1.76. The van der Waals surface area contributed by atoms with Crippen LogP contribution in [0.15, 0.2) is 18.2 Å². The maximum atomic E-state index is 12.1. The first kappa shape index (κ1) is 21.3. The van der Waals surface area contributed by atoms with Crippen molar-refractivity contribution in [2.75, 3.05) is 38.2 Å². The molecule has 1 saturated heterocycles. The van der Waals surface area contributed by atoms with E-state index in [9.17, 15) is 14.4 Å². The van der Waals surface area contributed by atoms with E-state index in [4.69, 9.17) is 4.74 Å². The number of ether oxygens (including phenoxy) is 1. The zero-order chi connectivity index (χ0) is 21.0. The summed E-state index contributed by atoms with van der Waals surface area (Å²) in [6.45, 7) is 6.23. The smallest absolute Gasteiger partial charge is 0.264 e. The second-order valence-corrected chi connectivity index (χ2v) is 8.71. The normalized spacial score (nSPS) is 18.7. The molecular weight excluding hydrogens is 370 g/mol. The Labute approximate surface area is 172 Å². The molecule has 1 fully saturated rings. The number of benzene rings is 1. The van der Waals surface area contributed by atoms with Crippen LogP contribution in [0.5, 0.6) is 5.75 Å². The van der Waals surface area contributed by atoms with Gasteiger partial charge in [-0.1, -0.05) is 19.9 Å². The molecule has 7 heteroatoms. The number of fused-ring (bicyclic) bond motifs is 1. The second kappa shape index (κ2) is 8.95. The second-order valence-electron chi connectivity index (χ2n) is 8.71. The number of hydrogen-bond donors (Lipinski definition) is 1. The Hall–Kier alpha value is -2.41. The van der Waals surface area contributed by atoms with Crippen LogP contribution in [-0.2, 0) is 20.8 Å². The zero-order valence-electron chi connectivity index (χ0n) is 17.6. The standard InChI is InChI=1S/C22H31N3O4/c1-22(2)13-19(26)25(20(27)14-22)11-5-4-9-23-10-8-16-6-7-17-18(12-16)29-15-21(28)24(17)3/h6-7,12,23H,4-5,8-11,13-15H2,1-3H3. The minimum atomic E-state index is -0.209. The molecule has 158 valence electrons. The van der Waals surface area contributed by atoms with Gasteiger partial charge in [-0.3, -0.25) is 19.3 Å². The summed E-state index contributed by atoms with van der Waals surface area (Å²) >= 11 is 0. The molecule has 3 amide bonds. The van der Waals surface area contributed by atoms with E-state index >= 15 is 0 Å². The van der Waals surface area contributed by atoms with Gasteiger partial charge in [0.05, 0.1) is 5.69 Å². The number of anilines is 1. The van der Waals surface area contributed by atoms with Gasteiger partial charge in [-0.15, -0.1) is 0 Å². The van der Waals surface area contributed by atoms with Crippen LogP contribution in [0, 0.1) is 5.41 Å². The van der Waals surface area contributed by atoms with Gasteiger partial charge in [-0.25, -0.2) is 0 Å². The monoisotopic (exact) mass is 401 g/mol. The Bertz CT molecular complexity index is 770. The van der Waals surface area contributed by atoms with Crippen molar-refractivity contribution in [2.24, 2.45) is 5.41 Å². The number of nitrogens with zero attached hydrogens (tertiary/aromatic N) is 2. The Balaban J connectivity index is 1.33. The van der Waals surface area contributed by atoms with Gasteiger partial charge in [0.1, 0.15) is 5.75 Å². The fraction of sp³-hybridized carbons (Fsp3) is 0.591. The van der Waals surface area contributed by atoms with E-state index in [0.29, 0.717) is 19.4 Å². The van der Waals surface area contributed by atoms with E-state index in [0.717, 1.165) is 49.4 Å². The number of nitrogens with one attached hydrogen (secondary N) is 1. The average Bonchev–Trinajstić information content (AvgIpc) is 2.65. The van der Waals surface area contributed by atoms with Crippen molar-refractivity contribution in [1.82, 2.24) is 10.2 Å². The predicted molar refractivity (Wildman–Crippen MR) is 111 cm³/mol. The van der Waals surface area contributed by atoms with Gasteiger partial charge in [0, 0.05) is 26.4 Å². The Kier molecular flexibility index (Phi) is 6.57. The van der Waals surface area contributed by atoms with Gasteiger partial charge in [0.2, 0.25) is 11.8 Å². The fourth-order valence-electron chi connectivity index (χ4n) is 3.82. The van der Waals surface area contributed by atoms with Crippen molar-refractivity contribution in [3.8, 4) is 5.75 Å². The highest BCUT2D eigenvalue weighted by molar-refractivity contribution is 5.98. The van der Waals surface area contributed by atoms with Crippen LogP contribution in [-0.4, -0.2) is 55.9 Å². The molecule has 0 atom stereocenters. The number of carbonyl (C=O) groups is 3. The number of rotatable bonds is 8. The quantitative estimate of drug-likeness (QED) is 0.533. The number of hydrogen-bond acceptors (Lipinski definition) is 5. The van der Waals surface area contributed by atoms with Crippen LogP contribution in [0.2, 0.25) is 0 Å². The molecule has 2 aliphatic heterocycles. The molecule has 0 spiro atoms. The highest BCUT2D eigenvalue weighted by Crippen LogP contribution is 2.32. The summed E-state index contributed by atoms with van der Waals surface area (Å²) in [5, 5.41) is 3.41. The molecule has 0 saturated carbocycles. The molecule has 0 bridgehead atoms. The summed E-state index contributed by atoms with van der Waals surface area (Å²) in [6.07, 6.45) is 3.50. The first-order valence-electron chi connectivity index (χ1n) is 10.3. The zero-order valence-corrected chi connectivity index (χ0v) is 17.6. The van der Waals surface area contributed by atoms with E-state index in [2.05, 4.69) is 5.32 Å². The Morgan fingerprint density at radius 3 is 2.48 bits per heavy atom. The molecular formula is C22H31N3O4. The van der Waals surface area contributed by atoms with E-state index < -0.39 is 0 Å². The molecule has 1 aromatic carbocycles. The van der Waals surface area contributed by atoms with Crippen LogP contribution in [0.3, 0.4) is 0 Å². The molecule has 2 heterocycles. The number of piperidine rings is 1. The summed E-state index contributed by atoms with van der Waals surface area (Å²) in [4.78, 5) is 39.0. The lowest BCUT2D eigenvalue weighted by molar-refractivity contribution is -0.152. The Morgan fingerprint density at radius 2 is 1.76 bits per heavy atom. The van der Waals surface area contributed by atoms with Crippen molar-refractivity contribution in [2.45, 2.75) is 46.0 Å². The molecule has 1 aromatic rings. The molecule has 0 aliphatic carbocycles. The first-order valence-corrected chi connectivity index (χ1v) is 10.3. The van der Waals surface area contributed by atoms with Gasteiger partial charge in [0.25, 0.3) is 5.91 Å². The van der Waals surface area contributed by atoms with Crippen molar-refractivity contribution < 1.29 is 19.1 Å². The summed E-state index contributed by atoms with van der Waals surface area (Å²) in [5.74, 6) is 0.634. The molecule has 0 aromatic heterocycles. The van der Waals surface area contributed by atoms with Crippen molar-refractivity contribution in [3.63, 3.8) is 0 Å². The lowest BCUT2D eigenvalue weighted by atomic mass is 9.82. The van der Waals surface area contributed by atoms with E-state index in [1.807, 2.05) is 32.0 Å². The highest BCUT2D eigenvalue weighted by Gasteiger charge is 2.36. The third kappa shape index (κ3) is 5.35. The number of carbonyl (C=O) groups excluding carboxylic acids is 3. The summed E-state index contributed by atoms with van der Waals surface area (Å²) in [7, 11) is 1.76. The van der Waals surface area contributed by atoms with Gasteiger partial charge < -0.3 is 15.0 Å². The SMILES string of the molecule is CN1C(=O)COc2cc(CCNCCCCN3C(=O)CC(C)(C)CC3=O)ccc21. The fourth-order valence-corrected chi connectivity index (χ4v) is 3.82. The van der Waals surface area contributed by atoms with Gasteiger partial charge in [-0.2, -0.15) is 0 Å². The maximum Gasteiger partial charge on any atom is 0.264 e. The van der Waals surface area contributed by atoms with Crippen molar-refractivity contribution >= 4 is 23.4 Å². The molecule has 3 rings (SSSR count). The van der Waals surface area contributed by atoms with E-state index in [1.54, 1.807) is 11.9 Å². The van der Waals surface area contributed by atoms with Gasteiger partial charge in [-0.05, 0) is 55.5 Å². The lowest BCUT2D eigenvalue weighted by Crippen LogP contribution is -2.46. The molecule has 29 heavy (non-hydrogen) atoms. The summed E-state index contributed by atoms with van der Waals surface area (Å²) < 4.78 is 5.52. The predicted octanol–water partition coefficient (Wildman–Crippen LogP) is 2.13. The molecule has 7 nitrogen and oxygen atoms in total. The lowest BCUT2D eigenvalue weighted by Gasteiger charge is -2.34. The maximum absolute atomic E-state index is 12.1. The van der Waals surface area contributed by atoms with Crippen LogP contribution >= 0.6 is 0 Å². The average molecular weight is 402 g/mol. The van der Waals surface area contributed by atoms with Crippen LogP contribution in [0.25, 0.3) is 0 Å². The first-order chi connectivity index (χ1) is 13.8. The minimum absolute atomic E-state index is 0.0384. The number of amides is 3. The molecule has 1 N–H and O–H groups in total. The highest BCUT2D eigenvalue weighted by atomic mass is 16.5. The number of likely N-dealkylation sites (tertiary alicyclic amines) is 1. The van der Waals surface area contributed by atoms with Crippen LogP contribution < -0.4 is 15.0 Å². The number of likely N-dealkylation sites (N-methyl/N-ethyl adjacent to an activating group) is 1. The van der Waals surface area contributed by atoms with Crippen molar-refractivity contribution in [1.29, 1.82) is 0 Å². The minimum Gasteiger partial charge on any atom is -0.482 e. The van der Waals surface area contributed by atoms with Gasteiger partial charge >= 0.3 is 0 Å². The third-order valence-corrected chi connectivity index (χ3v) is 5.55. The molecule has 2 aliphatic rings. The third-order valence-electron chi connectivity index (χ3n) is 5.55. The number of unbranched alkanes of at least 4 members (excludes halogenated alkanes) is 1. The number of imide groups is 1. The van der Waals surface area contributed by atoms with Crippen LogP contribution in [0.4, 0.5) is 5.69 Å². The summed E-state index contributed by atoms with van der Waals surface area (Å²) in [6, 6.07) is 5.94. The van der Waals surface area contributed by atoms with E-state index in [1.165, 1.54) is 4.90 Å². The molecule has 0 unspecified atom stereocenters. The van der Waals surface area contributed by atoms with Crippen molar-refractivity contribution in [3.05, 3.63) is 23.8 Å². The van der Waals surface area contributed by atoms with E-state index in [-0.39, 0.29) is 29.7 Å². The topological polar surface area (TPSA) is 79.0 Å². The van der Waals surface area contributed by atoms with Gasteiger partial charge in [0.15, 0.2) is 6.61 Å².